The van der Waals surface area contributed by atoms with Crippen LogP contribution in [0.1, 0.15) is 20.8 Å². The SMILES string of the molecule is COc1cc(S(=O)(=O)NC(C)C(=O)NC(C)C)ccc1N. The van der Waals surface area contributed by atoms with E-state index in [1.807, 2.05) is 0 Å². The highest BCUT2D eigenvalue weighted by Crippen LogP contribution is 2.24. The van der Waals surface area contributed by atoms with Crippen molar-refractivity contribution in [3.8, 4) is 5.75 Å². The maximum atomic E-state index is 12.2. The Balaban J connectivity index is 2.94. The number of nitrogens with one attached hydrogen (secondary N) is 2. The van der Waals surface area contributed by atoms with Crippen LogP contribution in [-0.2, 0) is 14.8 Å². The first-order chi connectivity index (χ1) is 9.67. The van der Waals surface area contributed by atoms with Crippen molar-refractivity contribution >= 4 is 21.6 Å². The van der Waals surface area contributed by atoms with Crippen LogP contribution >= 0.6 is 0 Å². The number of carbonyl (C=O) groups is 1. The first kappa shape index (κ1) is 17.3. The lowest BCUT2D eigenvalue weighted by Crippen LogP contribution is -2.46. The van der Waals surface area contributed by atoms with Crippen molar-refractivity contribution in [2.45, 2.75) is 37.8 Å². The predicted molar refractivity (Wildman–Crippen MR) is 80.5 cm³/mol. The largest absolute Gasteiger partial charge is 0.495 e. The van der Waals surface area contributed by atoms with Crippen LogP contribution in [0.15, 0.2) is 23.1 Å². The van der Waals surface area contributed by atoms with Gasteiger partial charge in [-0.25, -0.2) is 8.42 Å². The van der Waals surface area contributed by atoms with Gasteiger partial charge in [0.2, 0.25) is 15.9 Å². The standard InChI is InChI=1S/C13H21N3O4S/c1-8(2)15-13(17)9(3)16-21(18,19)10-5-6-11(14)12(7-10)20-4/h5-9,16H,14H2,1-4H3,(H,15,17). The van der Waals surface area contributed by atoms with Crippen molar-refractivity contribution in [1.82, 2.24) is 10.0 Å². The van der Waals surface area contributed by atoms with E-state index in [0.29, 0.717) is 5.69 Å². The van der Waals surface area contributed by atoms with Gasteiger partial charge < -0.3 is 15.8 Å². The number of amides is 1. The van der Waals surface area contributed by atoms with E-state index in [9.17, 15) is 13.2 Å². The molecule has 1 rings (SSSR count). The highest BCUT2D eigenvalue weighted by atomic mass is 32.2. The number of hydrogen-bond acceptors (Lipinski definition) is 5. The van der Waals surface area contributed by atoms with Gasteiger partial charge in [-0.05, 0) is 32.9 Å². The average molecular weight is 315 g/mol. The summed E-state index contributed by atoms with van der Waals surface area (Å²) in [5, 5.41) is 2.64. The smallest absolute Gasteiger partial charge is 0.241 e. The second-order valence-corrected chi connectivity index (χ2v) is 6.62. The quantitative estimate of drug-likeness (QED) is 0.661. The minimum absolute atomic E-state index is 0.0160. The number of methoxy groups -OCH3 is 1. The zero-order chi connectivity index (χ0) is 16.2. The fourth-order valence-corrected chi connectivity index (χ4v) is 2.84. The summed E-state index contributed by atoms with van der Waals surface area (Å²) in [4.78, 5) is 11.7. The summed E-state index contributed by atoms with van der Waals surface area (Å²) in [6.45, 7) is 5.07. The van der Waals surface area contributed by atoms with Crippen molar-refractivity contribution in [1.29, 1.82) is 0 Å². The summed E-state index contributed by atoms with van der Waals surface area (Å²) in [7, 11) is -2.44. The molecule has 1 atom stereocenters. The van der Waals surface area contributed by atoms with Crippen molar-refractivity contribution in [2.24, 2.45) is 0 Å². The molecule has 0 saturated heterocycles. The Bertz CT molecular complexity index is 614. The molecular formula is C13H21N3O4S. The van der Waals surface area contributed by atoms with E-state index in [-0.39, 0.29) is 16.7 Å². The molecule has 0 aliphatic rings. The maximum absolute atomic E-state index is 12.2. The zero-order valence-electron chi connectivity index (χ0n) is 12.5. The van der Waals surface area contributed by atoms with Gasteiger partial charge in [0, 0.05) is 12.1 Å². The Kier molecular flexibility index (Phi) is 5.56. The molecule has 118 valence electrons. The monoisotopic (exact) mass is 315 g/mol. The topological polar surface area (TPSA) is 111 Å². The summed E-state index contributed by atoms with van der Waals surface area (Å²) in [5.74, 6) is -0.131. The second-order valence-electron chi connectivity index (χ2n) is 4.91. The number of hydrogen-bond donors (Lipinski definition) is 3. The minimum Gasteiger partial charge on any atom is -0.495 e. The molecule has 0 heterocycles. The van der Waals surface area contributed by atoms with E-state index in [0.717, 1.165) is 0 Å². The van der Waals surface area contributed by atoms with E-state index in [1.165, 1.54) is 32.2 Å². The van der Waals surface area contributed by atoms with Crippen LogP contribution in [0.5, 0.6) is 5.75 Å². The number of anilines is 1. The zero-order valence-corrected chi connectivity index (χ0v) is 13.3. The molecule has 0 aliphatic carbocycles. The third kappa shape index (κ3) is 4.61. The van der Waals surface area contributed by atoms with Crippen LogP contribution in [0.3, 0.4) is 0 Å². The van der Waals surface area contributed by atoms with Gasteiger partial charge in [0.1, 0.15) is 5.75 Å². The third-order valence-electron chi connectivity index (χ3n) is 2.67. The van der Waals surface area contributed by atoms with E-state index >= 15 is 0 Å². The van der Waals surface area contributed by atoms with Crippen LogP contribution in [-0.4, -0.2) is 33.5 Å². The molecule has 1 aromatic carbocycles. The van der Waals surface area contributed by atoms with Crippen LogP contribution < -0.4 is 20.5 Å². The van der Waals surface area contributed by atoms with Gasteiger partial charge >= 0.3 is 0 Å². The van der Waals surface area contributed by atoms with Gasteiger partial charge in [-0.15, -0.1) is 0 Å². The molecule has 1 unspecified atom stereocenters. The van der Waals surface area contributed by atoms with Crippen LogP contribution in [0.2, 0.25) is 0 Å². The molecule has 0 spiro atoms. The van der Waals surface area contributed by atoms with Crippen molar-refractivity contribution < 1.29 is 17.9 Å². The normalized spacial score (nSPS) is 13.0. The molecule has 1 aromatic rings. The van der Waals surface area contributed by atoms with Crippen LogP contribution in [0.25, 0.3) is 0 Å². The van der Waals surface area contributed by atoms with Crippen molar-refractivity contribution in [2.75, 3.05) is 12.8 Å². The van der Waals surface area contributed by atoms with Crippen molar-refractivity contribution in [3.05, 3.63) is 18.2 Å². The first-order valence-electron chi connectivity index (χ1n) is 6.43. The second kappa shape index (κ2) is 6.77. The predicted octanol–water partition coefficient (Wildman–Crippen LogP) is 0.469. The number of rotatable bonds is 6. The molecule has 0 aliphatic heterocycles. The summed E-state index contributed by atoms with van der Waals surface area (Å²) in [6, 6.07) is 3.14. The summed E-state index contributed by atoms with van der Waals surface area (Å²) in [6.07, 6.45) is 0. The average Bonchev–Trinajstić information content (AvgIpc) is 2.37. The summed E-state index contributed by atoms with van der Waals surface area (Å²) < 4.78 is 31.8. The molecule has 0 bridgehead atoms. The highest BCUT2D eigenvalue weighted by molar-refractivity contribution is 7.89. The Hall–Kier alpha value is -1.80. The molecular weight excluding hydrogens is 294 g/mol. The lowest BCUT2D eigenvalue weighted by Gasteiger charge is -2.16. The molecule has 0 saturated carbocycles. The molecule has 7 nitrogen and oxygen atoms in total. The molecule has 21 heavy (non-hydrogen) atoms. The summed E-state index contributed by atoms with van der Waals surface area (Å²) in [5.41, 5.74) is 5.98. The number of nitrogens with two attached hydrogens (primary N) is 1. The highest BCUT2D eigenvalue weighted by Gasteiger charge is 2.23. The Morgan fingerprint density at radius 1 is 1.29 bits per heavy atom. The Morgan fingerprint density at radius 2 is 1.90 bits per heavy atom. The maximum Gasteiger partial charge on any atom is 0.241 e. The van der Waals surface area contributed by atoms with Gasteiger partial charge in [-0.3, -0.25) is 4.79 Å². The van der Waals surface area contributed by atoms with Gasteiger partial charge in [0.15, 0.2) is 0 Å². The van der Waals surface area contributed by atoms with Gasteiger partial charge in [0.05, 0.1) is 23.7 Å². The van der Waals surface area contributed by atoms with Gasteiger partial charge in [0.25, 0.3) is 0 Å². The van der Waals surface area contributed by atoms with E-state index in [4.69, 9.17) is 10.5 Å². The van der Waals surface area contributed by atoms with Crippen LogP contribution in [0.4, 0.5) is 5.69 Å². The third-order valence-corrected chi connectivity index (χ3v) is 4.21. The minimum atomic E-state index is -3.84. The fourth-order valence-electron chi connectivity index (χ4n) is 1.62. The first-order valence-corrected chi connectivity index (χ1v) is 7.92. The molecule has 8 heteroatoms. The summed E-state index contributed by atoms with van der Waals surface area (Å²) >= 11 is 0. The van der Waals surface area contributed by atoms with Crippen molar-refractivity contribution in [3.63, 3.8) is 0 Å². The fraction of sp³-hybridized carbons (Fsp3) is 0.462. The molecule has 4 N–H and O–H groups in total. The van der Waals surface area contributed by atoms with Gasteiger partial charge in [-0.1, -0.05) is 0 Å². The molecule has 1 amide bonds. The lowest BCUT2D eigenvalue weighted by molar-refractivity contribution is -0.122. The van der Waals surface area contributed by atoms with Gasteiger partial charge in [-0.2, -0.15) is 4.72 Å². The van der Waals surface area contributed by atoms with E-state index in [2.05, 4.69) is 10.0 Å². The number of carbonyl (C=O) groups excluding carboxylic acids is 1. The van der Waals surface area contributed by atoms with Crippen LogP contribution in [0, 0.1) is 0 Å². The Morgan fingerprint density at radius 3 is 2.43 bits per heavy atom. The number of benzene rings is 1. The Labute approximate surface area is 124 Å². The number of ether oxygens (including phenoxy) is 1. The molecule has 0 aromatic heterocycles. The number of sulfonamides is 1. The molecule has 0 fully saturated rings. The van der Waals surface area contributed by atoms with E-state index < -0.39 is 22.0 Å². The molecule has 0 radical (unpaired) electrons. The number of nitrogen functional groups attached to an aromatic ring is 1. The lowest BCUT2D eigenvalue weighted by atomic mass is 10.3. The van der Waals surface area contributed by atoms with E-state index in [1.54, 1.807) is 13.8 Å².